The Morgan fingerprint density at radius 2 is 0.829 bits per heavy atom. The monoisotopic (exact) mass is 906 g/mol. The van der Waals surface area contributed by atoms with Gasteiger partial charge in [-0.1, -0.05) is 176 Å². The first-order chi connectivity index (χ1) is 34.7. The first-order valence-electron chi connectivity index (χ1n) is 24.2. The molecular formula is C67H42N2S. The molecule has 2 aliphatic carbocycles. The van der Waals surface area contributed by atoms with Gasteiger partial charge in [-0.3, -0.25) is 0 Å². The van der Waals surface area contributed by atoms with Gasteiger partial charge in [0, 0.05) is 53.7 Å². The second kappa shape index (κ2) is 15.1. The van der Waals surface area contributed by atoms with Gasteiger partial charge < -0.3 is 9.47 Å². The third kappa shape index (κ3) is 5.55. The summed E-state index contributed by atoms with van der Waals surface area (Å²) in [4.78, 5) is 2.48. The molecule has 2 nitrogen and oxygen atoms in total. The second-order valence-corrected chi connectivity index (χ2v) is 19.8. The Balaban J connectivity index is 1.04. The van der Waals surface area contributed by atoms with Crippen molar-refractivity contribution in [1.82, 2.24) is 4.57 Å². The predicted molar refractivity (Wildman–Crippen MR) is 296 cm³/mol. The van der Waals surface area contributed by atoms with E-state index in [1.807, 2.05) is 11.3 Å². The van der Waals surface area contributed by atoms with E-state index in [0.29, 0.717) is 0 Å². The highest BCUT2D eigenvalue weighted by Gasteiger charge is 2.50. The number of fused-ring (bicyclic) bond motifs is 18. The molecule has 0 aliphatic heterocycles. The third-order valence-electron chi connectivity index (χ3n) is 15.2. The summed E-state index contributed by atoms with van der Waals surface area (Å²) in [6.45, 7) is 0. The van der Waals surface area contributed by atoms with Gasteiger partial charge in [0.25, 0.3) is 0 Å². The van der Waals surface area contributed by atoms with Gasteiger partial charge in [0.1, 0.15) is 0 Å². The molecule has 2 aliphatic rings. The summed E-state index contributed by atoms with van der Waals surface area (Å²) in [7, 11) is 0. The molecule has 1 unspecified atom stereocenters. The van der Waals surface area contributed by atoms with Crippen LogP contribution in [0, 0.1) is 0 Å². The molecule has 0 N–H and O–H groups in total. The fraction of sp³-hybridized carbons (Fsp3) is 0.0149. The molecule has 0 amide bonds. The fourth-order valence-electron chi connectivity index (χ4n) is 12.3. The molecule has 2 aromatic heterocycles. The number of aromatic nitrogens is 1. The lowest BCUT2D eigenvalue weighted by molar-refractivity contribution is 0.776. The minimum absolute atomic E-state index is 0.653. The molecule has 0 saturated heterocycles. The SMILES string of the molecule is c1ccc(-c2ccc(N(c3ccc4c(c3)C3(c5ccccc5-c5ccccc5-4)c4ccccc4-c4cc5sc6ccccc6c5cc43)c3ccc4c(c3)c3ccccc3n4-c3ccccc3)cc2)cc1. The Labute approximate surface area is 410 Å². The molecule has 2 heterocycles. The van der Waals surface area contributed by atoms with Crippen molar-refractivity contribution >= 4 is 70.4 Å². The van der Waals surface area contributed by atoms with Crippen LogP contribution in [0.2, 0.25) is 0 Å². The lowest BCUT2D eigenvalue weighted by atomic mass is 9.65. The minimum Gasteiger partial charge on any atom is -0.310 e. The van der Waals surface area contributed by atoms with Gasteiger partial charge in [0.15, 0.2) is 0 Å². The molecule has 13 aromatic rings. The van der Waals surface area contributed by atoms with Crippen LogP contribution in [0.25, 0.3) is 92.2 Å². The number of hydrogen-bond donors (Lipinski definition) is 0. The molecule has 1 atom stereocenters. The van der Waals surface area contributed by atoms with E-state index < -0.39 is 5.41 Å². The maximum Gasteiger partial charge on any atom is 0.0726 e. The molecule has 3 heteroatoms. The van der Waals surface area contributed by atoms with Crippen molar-refractivity contribution in [2.24, 2.45) is 0 Å². The fourth-order valence-corrected chi connectivity index (χ4v) is 13.4. The van der Waals surface area contributed by atoms with Crippen molar-refractivity contribution in [3.63, 3.8) is 0 Å². The van der Waals surface area contributed by atoms with Crippen LogP contribution in [-0.2, 0) is 5.41 Å². The molecular weight excluding hydrogens is 865 g/mol. The van der Waals surface area contributed by atoms with E-state index in [1.54, 1.807) is 0 Å². The largest absolute Gasteiger partial charge is 0.310 e. The van der Waals surface area contributed by atoms with E-state index in [-0.39, 0.29) is 0 Å². The van der Waals surface area contributed by atoms with Gasteiger partial charge in [-0.25, -0.2) is 0 Å². The maximum absolute atomic E-state index is 2.56. The number of hydrogen-bond acceptors (Lipinski definition) is 2. The topological polar surface area (TPSA) is 8.17 Å². The van der Waals surface area contributed by atoms with Crippen LogP contribution < -0.4 is 4.90 Å². The van der Waals surface area contributed by atoms with Crippen molar-refractivity contribution in [3.8, 4) is 50.2 Å². The standard InChI is InChI=1S/C67H42N2S/c1-3-17-43(18-4-1)44-31-33-46(34-32-44)68(47-36-38-64-57(39-47)54-25-11-15-29-63(54)69(64)45-19-5-2-6-20-45)48-35-37-53-50-22-8-7-21-49(50)51-23-9-13-27-59(51)67(61(53)40-48)60-28-14-10-24-52(60)56-42-66-58(41-62(56)67)55-26-12-16-30-65(55)70-66/h1-42H. The molecule has 0 saturated carbocycles. The summed E-state index contributed by atoms with van der Waals surface area (Å²) >= 11 is 1.90. The highest BCUT2D eigenvalue weighted by molar-refractivity contribution is 7.25. The number of rotatable bonds is 5. The van der Waals surface area contributed by atoms with Crippen LogP contribution in [0.4, 0.5) is 17.1 Å². The molecule has 1 spiro atoms. The summed E-state index contributed by atoms with van der Waals surface area (Å²) in [6, 6.07) is 95.2. The zero-order valence-electron chi connectivity index (χ0n) is 38.1. The number of thiophene rings is 1. The van der Waals surface area contributed by atoms with Gasteiger partial charge in [-0.05, 0) is 146 Å². The van der Waals surface area contributed by atoms with Gasteiger partial charge in [0.05, 0.1) is 16.4 Å². The summed E-state index contributed by atoms with van der Waals surface area (Å²) in [5.74, 6) is 0. The first kappa shape index (κ1) is 39.3. The van der Waals surface area contributed by atoms with Crippen LogP contribution in [0.1, 0.15) is 22.3 Å². The van der Waals surface area contributed by atoms with Crippen molar-refractivity contribution < 1.29 is 0 Å². The molecule has 15 rings (SSSR count). The smallest absolute Gasteiger partial charge is 0.0726 e. The zero-order valence-corrected chi connectivity index (χ0v) is 38.9. The number of para-hydroxylation sites is 2. The normalized spacial score (nSPS) is 14.3. The van der Waals surface area contributed by atoms with Gasteiger partial charge in [-0.15, -0.1) is 11.3 Å². The zero-order chi connectivity index (χ0) is 45.9. The summed E-state index contributed by atoms with van der Waals surface area (Å²) < 4.78 is 5.04. The lowest BCUT2D eigenvalue weighted by Gasteiger charge is -2.36. The van der Waals surface area contributed by atoms with E-state index in [9.17, 15) is 0 Å². The van der Waals surface area contributed by atoms with E-state index in [0.717, 1.165) is 22.7 Å². The van der Waals surface area contributed by atoms with E-state index in [2.05, 4.69) is 264 Å². The molecule has 0 fully saturated rings. The van der Waals surface area contributed by atoms with E-state index in [4.69, 9.17) is 0 Å². The molecule has 326 valence electrons. The Hall–Kier alpha value is -8.76. The molecule has 0 bridgehead atoms. The van der Waals surface area contributed by atoms with Crippen LogP contribution in [0.5, 0.6) is 0 Å². The highest BCUT2D eigenvalue weighted by atomic mass is 32.1. The van der Waals surface area contributed by atoms with E-state index >= 15 is 0 Å². The summed E-state index contributed by atoms with van der Waals surface area (Å²) in [5.41, 5.74) is 21.4. The Morgan fingerprint density at radius 3 is 1.59 bits per heavy atom. The van der Waals surface area contributed by atoms with Crippen LogP contribution in [-0.4, -0.2) is 4.57 Å². The van der Waals surface area contributed by atoms with Crippen LogP contribution in [0.3, 0.4) is 0 Å². The van der Waals surface area contributed by atoms with Crippen LogP contribution >= 0.6 is 11.3 Å². The number of benzene rings is 11. The Bertz CT molecular complexity index is 4240. The molecule has 70 heavy (non-hydrogen) atoms. The quantitative estimate of drug-likeness (QED) is 0.167. The van der Waals surface area contributed by atoms with Crippen molar-refractivity contribution in [3.05, 3.63) is 277 Å². The molecule has 0 radical (unpaired) electrons. The number of nitrogens with zero attached hydrogens (tertiary/aromatic N) is 2. The van der Waals surface area contributed by atoms with Gasteiger partial charge in [0.2, 0.25) is 0 Å². The van der Waals surface area contributed by atoms with E-state index in [1.165, 1.54) is 109 Å². The summed E-state index contributed by atoms with van der Waals surface area (Å²) in [5, 5.41) is 5.06. The first-order valence-corrected chi connectivity index (χ1v) is 25.0. The number of anilines is 3. The summed E-state index contributed by atoms with van der Waals surface area (Å²) in [6.07, 6.45) is 0. The van der Waals surface area contributed by atoms with Gasteiger partial charge >= 0.3 is 0 Å². The molecule has 11 aromatic carbocycles. The van der Waals surface area contributed by atoms with Crippen molar-refractivity contribution in [1.29, 1.82) is 0 Å². The Kier molecular flexibility index (Phi) is 8.48. The second-order valence-electron chi connectivity index (χ2n) is 18.7. The van der Waals surface area contributed by atoms with Crippen molar-refractivity contribution in [2.45, 2.75) is 5.41 Å². The van der Waals surface area contributed by atoms with Gasteiger partial charge in [-0.2, -0.15) is 0 Å². The average Bonchev–Trinajstić information content (AvgIpc) is 4.04. The van der Waals surface area contributed by atoms with Crippen LogP contribution in [0.15, 0.2) is 255 Å². The third-order valence-corrected chi connectivity index (χ3v) is 16.3. The minimum atomic E-state index is -0.653. The predicted octanol–water partition coefficient (Wildman–Crippen LogP) is 18.3. The Morgan fingerprint density at radius 1 is 0.300 bits per heavy atom. The highest BCUT2D eigenvalue weighted by Crippen LogP contribution is 2.63. The van der Waals surface area contributed by atoms with Crippen molar-refractivity contribution in [2.75, 3.05) is 4.90 Å². The lowest BCUT2D eigenvalue weighted by Crippen LogP contribution is -2.29. The maximum atomic E-state index is 2.56. The average molecular weight is 907 g/mol.